The predicted molar refractivity (Wildman–Crippen MR) is 135 cm³/mol. The number of aliphatic hydroxyl groups excluding tert-OH is 1. The molecule has 1 saturated heterocycles. The summed E-state index contributed by atoms with van der Waals surface area (Å²) in [5.41, 5.74) is -2.30. The summed E-state index contributed by atoms with van der Waals surface area (Å²) in [5.74, 6) is -1.57. The Balaban J connectivity index is 1.40. The van der Waals surface area contributed by atoms with E-state index in [4.69, 9.17) is 14.2 Å². The molecule has 0 aromatic rings. The molecule has 0 amide bonds. The SMILES string of the molecule is CC(=O)O[C@H]1C[C@H](C(C)[C@H]2CC(C)=C(C)C(=O)O2)[C@@]2(C)CC[C@H]3[C@H](C[C@H]4O[C@]45[C@@H](O)C=CC(=O)[C@]35C)[C@@]12O. The molecule has 6 rings (SSSR count). The van der Waals surface area contributed by atoms with Crippen LogP contribution < -0.4 is 0 Å². The molecule has 12 atom stereocenters. The maximum atomic E-state index is 13.5. The second-order valence-electron chi connectivity index (χ2n) is 13.4. The van der Waals surface area contributed by atoms with Gasteiger partial charge in [-0.2, -0.15) is 0 Å². The van der Waals surface area contributed by atoms with Crippen molar-refractivity contribution in [1.82, 2.24) is 0 Å². The molecule has 6 aliphatic rings. The summed E-state index contributed by atoms with van der Waals surface area (Å²) in [4.78, 5) is 38.4. The van der Waals surface area contributed by atoms with E-state index in [-0.39, 0.29) is 47.6 Å². The number of ketones is 1. The molecule has 38 heavy (non-hydrogen) atoms. The van der Waals surface area contributed by atoms with Gasteiger partial charge in [-0.05, 0) is 82.3 Å². The quantitative estimate of drug-likeness (QED) is 0.423. The van der Waals surface area contributed by atoms with Crippen LogP contribution in [0.4, 0.5) is 0 Å². The van der Waals surface area contributed by atoms with Gasteiger partial charge in [-0.25, -0.2) is 4.79 Å². The van der Waals surface area contributed by atoms with Crippen LogP contribution in [0.1, 0.15) is 73.6 Å². The first kappa shape index (κ1) is 26.2. The van der Waals surface area contributed by atoms with Crippen LogP contribution in [0.25, 0.3) is 0 Å². The lowest BCUT2D eigenvalue weighted by Gasteiger charge is -2.61. The van der Waals surface area contributed by atoms with Crippen molar-refractivity contribution in [2.75, 3.05) is 0 Å². The molecule has 0 bridgehead atoms. The number of epoxide rings is 1. The fourth-order valence-electron chi connectivity index (χ4n) is 9.80. The molecule has 3 saturated carbocycles. The van der Waals surface area contributed by atoms with Crippen molar-refractivity contribution in [3.8, 4) is 0 Å². The highest BCUT2D eigenvalue weighted by Crippen LogP contribution is 2.74. The van der Waals surface area contributed by atoms with Crippen LogP contribution in [0.5, 0.6) is 0 Å². The van der Waals surface area contributed by atoms with Crippen molar-refractivity contribution in [3.63, 3.8) is 0 Å². The first-order valence-electron chi connectivity index (χ1n) is 14.1. The number of carbonyl (C=O) groups is 3. The van der Waals surface area contributed by atoms with Crippen molar-refractivity contribution in [1.29, 1.82) is 0 Å². The Kier molecular flexibility index (Phi) is 5.53. The molecule has 4 fully saturated rings. The standard InChI is InChI=1S/C30H40O8/c1-14-11-21(37-26(34)15(14)2)16(3)19-12-24(36-17(4)31)29(35)20-13-25-30(38-25)23(33)8-7-22(32)28(30,6)18(20)9-10-27(19,29)5/h7-8,16,18-21,23-25,33,35H,9-13H2,1-6H3/t16?,18-,19+,20-,21+,23-,24-,25+,27+,28-,29+,30+/m0/s1. The van der Waals surface area contributed by atoms with Crippen molar-refractivity contribution in [2.24, 2.45) is 34.5 Å². The fourth-order valence-corrected chi connectivity index (χ4v) is 9.80. The molecular formula is C30H40O8. The molecule has 0 aromatic carbocycles. The Labute approximate surface area is 223 Å². The Morgan fingerprint density at radius 2 is 1.89 bits per heavy atom. The van der Waals surface area contributed by atoms with Gasteiger partial charge < -0.3 is 24.4 Å². The summed E-state index contributed by atoms with van der Waals surface area (Å²) < 4.78 is 18.0. The van der Waals surface area contributed by atoms with Crippen LogP contribution in [0.3, 0.4) is 0 Å². The van der Waals surface area contributed by atoms with E-state index < -0.39 is 40.2 Å². The number of cyclic esters (lactones) is 1. The van der Waals surface area contributed by atoms with E-state index in [1.807, 2.05) is 13.8 Å². The molecule has 2 aliphatic heterocycles. The number of aliphatic hydroxyl groups is 2. The van der Waals surface area contributed by atoms with Gasteiger partial charge in [0.05, 0.1) is 11.5 Å². The van der Waals surface area contributed by atoms with E-state index in [2.05, 4.69) is 13.8 Å². The molecular weight excluding hydrogens is 488 g/mol. The lowest BCUT2D eigenvalue weighted by molar-refractivity contribution is -0.234. The Hall–Kier alpha value is -2.03. The molecule has 1 spiro atoms. The van der Waals surface area contributed by atoms with Crippen LogP contribution in [-0.4, -0.2) is 63.6 Å². The van der Waals surface area contributed by atoms with Crippen molar-refractivity contribution >= 4 is 17.7 Å². The van der Waals surface area contributed by atoms with Crippen LogP contribution >= 0.6 is 0 Å². The average molecular weight is 529 g/mol. The maximum absolute atomic E-state index is 13.5. The molecule has 2 N–H and O–H groups in total. The number of carbonyl (C=O) groups excluding carboxylic acids is 3. The second kappa shape index (κ2) is 8.01. The molecule has 1 unspecified atom stereocenters. The number of hydrogen-bond acceptors (Lipinski definition) is 8. The van der Waals surface area contributed by atoms with Gasteiger partial charge in [0.15, 0.2) is 5.78 Å². The number of hydrogen-bond donors (Lipinski definition) is 2. The summed E-state index contributed by atoms with van der Waals surface area (Å²) in [6.07, 6.45) is 3.58. The van der Waals surface area contributed by atoms with E-state index in [1.54, 1.807) is 6.92 Å². The Morgan fingerprint density at radius 1 is 1.18 bits per heavy atom. The van der Waals surface area contributed by atoms with Gasteiger partial charge in [-0.1, -0.05) is 19.4 Å². The van der Waals surface area contributed by atoms with E-state index in [9.17, 15) is 24.6 Å². The molecule has 8 heteroatoms. The minimum atomic E-state index is -1.40. The van der Waals surface area contributed by atoms with Crippen LogP contribution in [0.15, 0.2) is 23.3 Å². The zero-order chi connectivity index (χ0) is 27.6. The van der Waals surface area contributed by atoms with Crippen molar-refractivity contribution in [3.05, 3.63) is 23.3 Å². The maximum Gasteiger partial charge on any atom is 0.333 e. The van der Waals surface area contributed by atoms with Gasteiger partial charge >= 0.3 is 11.9 Å². The highest BCUT2D eigenvalue weighted by Gasteiger charge is 2.83. The third kappa shape index (κ3) is 2.95. The van der Waals surface area contributed by atoms with E-state index in [1.165, 1.54) is 19.1 Å². The first-order chi connectivity index (χ1) is 17.7. The number of rotatable bonds is 3. The van der Waals surface area contributed by atoms with Gasteiger partial charge in [0.2, 0.25) is 0 Å². The van der Waals surface area contributed by atoms with E-state index in [0.29, 0.717) is 37.7 Å². The smallest absolute Gasteiger partial charge is 0.333 e. The molecule has 8 nitrogen and oxygen atoms in total. The summed E-state index contributed by atoms with van der Waals surface area (Å²) in [7, 11) is 0. The zero-order valence-corrected chi connectivity index (χ0v) is 23.2. The van der Waals surface area contributed by atoms with Crippen LogP contribution in [0.2, 0.25) is 0 Å². The topological polar surface area (TPSA) is 123 Å². The zero-order valence-electron chi connectivity index (χ0n) is 23.2. The molecule has 208 valence electrons. The Morgan fingerprint density at radius 3 is 2.55 bits per heavy atom. The van der Waals surface area contributed by atoms with Crippen LogP contribution in [-0.2, 0) is 28.6 Å². The minimum Gasteiger partial charge on any atom is -0.459 e. The summed E-state index contributed by atoms with van der Waals surface area (Å²) in [5, 5.41) is 23.8. The van der Waals surface area contributed by atoms with Crippen molar-refractivity contribution in [2.45, 2.75) is 109 Å². The lowest BCUT2D eigenvalue weighted by Crippen LogP contribution is -2.70. The number of esters is 2. The largest absolute Gasteiger partial charge is 0.459 e. The van der Waals surface area contributed by atoms with E-state index >= 15 is 0 Å². The van der Waals surface area contributed by atoms with Gasteiger partial charge in [0.25, 0.3) is 0 Å². The van der Waals surface area contributed by atoms with Crippen molar-refractivity contribution < 1.29 is 38.8 Å². The summed E-state index contributed by atoms with van der Waals surface area (Å²) in [6, 6.07) is 0. The lowest BCUT2D eigenvalue weighted by atomic mass is 9.42. The third-order valence-corrected chi connectivity index (χ3v) is 12.1. The second-order valence-corrected chi connectivity index (χ2v) is 13.4. The van der Waals surface area contributed by atoms with Gasteiger partial charge in [-0.3, -0.25) is 9.59 Å². The number of ether oxygens (including phenoxy) is 3. The molecule has 0 aromatic heterocycles. The predicted octanol–water partition coefficient (Wildman–Crippen LogP) is 3.04. The third-order valence-electron chi connectivity index (χ3n) is 12.1. The molecule has 4 aliphatic carbocycles. The molecule has 2 heterocycles. The summed E-state index contributed by atoms with van der Waals surface area (Å²) >= 11 is 0. The summed E-state index contributed by atoms with van der Waals surface area (Å²) in [6.45, 7) is 11.2. The minimum absolute atomic E-state index is 0.0750. The van der Waals surface area contributed by atoms with Gasteiger partial charge in [-0.15, -0.1) is 0 Å². The number of allylic oxidation sites excluding steroid dienone is 1. The van der Waals surface area contributed by atoms with Crippen LogP contribution in [0, 0.1) is 34.5 Å². The fraction of sp³-hybridized carbons (Fsp3) is 0.767. The average Bonchev–Trinajstić information content (AvgIpc) is 3.55. The number of fused-ring (bicyclic) bond motifs is 4. The van der Waals surface area contributed by atoms with E-state index in [0.717, 1.165) is 5.57 Å². The first-order valence-corrected chi connectivity index (χ1v) is 14.1. The normalized spacial score (nSPS) is 51.8. The molecule has 0 radical (unpaired) electrons. The highest BCUT2D eigenvalue weighted by atomic mass is 16.6. The van der Waals surface area contributed by atoms with Gasteiger partial charge in [0.1, 0.15) is 29.5 Å². The van der Waals surface area contributed by atoms with Gasteiger partial charge in [0, 0.05) is 24.3 Å². The monoisotopic (exact) mass is 528 g/mol. The highest BCUT2D eigenvalue weighted by molar-refractivity contribution is 5.98. The Bertz CT molecular complexity index is 1170.